The molecule has 0 aliphatic heterocycles. The first-order valence-electron chi connectivity index (χ1n) is 8.61. The van der Waals surface area contributed by atoms with Gasteiger partial charge in [0.05, 0.1) is 17.6 Å². The van der Waals surface area contributed by atoms with Crippen LogP contribution in [0, 0.1) is 18.3 Å². The van der Waals surface area contributed by atoms with Gasteiger partial charge in [-0.15, -0.1) is 0 Å². The summed E-state index contributed by atoms with van der Waals surface area (Å²) in [7, 11) is 0. The van der Waals surface area contributed by atoms with Crippen LogP contribution < -0.4 is 11.1 Å². The molecule has 0 saturated heterocycles. The smallest absolute Gasteiger partial charge is 0.257 e. The summed E-state index contributed by atoms with van der Waals surface area (Å²) in [6.45, 7) is 1.83. The maximum Gasteiger partial charge on any atom is 0.257 e. The van der Waals surface area contributed by atoms with E-state index in [4.69, 9.17) is 40.5 Å². The molecule has 3 rings (SSSR count). The zero-order valence-corrected chi connectivity index (χ0v) is 17.6. The first-order valence-corrected chi connectivity index (χ1v) is 9.75. The Morgan fingerprint density at radius 3 is 2.34 bits per heavy atom. The Bertz CT molecular complexity index is 1120. The number of benzene rings is 3. The molecule has 0 spiro atoms. The maximum absolute atomic E-state index is 12.6. The van der Waals surface area contributed by atoms with Crippen LogP contribution in [0.2, 0.25) is 15.1 Å². The van der Waals surface area contributed by atoms with Crippen molar-refractivity contribution in [3.05, 3.63) is 91.9 Å². The highest BCUT2D eigenvalue weighted by atomic mass is 35.5. The highest BCUT2D eigenvalue weighted by Crippen LogP contribution is 2.34. The van der Waals surface area contributed by atoms with Gasteiger partial charge >= 0.3 is 0 Å². The van der Waals surface area contributed by atoms with E-state index in [9.17, 15) is 10.1 Å². The lowest BCUT2D eigenvalue weighted by molar-refractivity contribution is 0.102. The number of halogens is 3. The molecule has 0 aromatic heterocycles. The number of nitrogens with one attached hydrogen (secondary N) is 1. The topological polar surface area (TPSA) is 78.9 Å². The molecule has 3 N–H and O–H groups in total. The molecule has 1 amide bonds. The molecule has 0 radical (unpaired) electrons. The summed E-state index contributed by atoms with van der Waals surface area (Å²) >= 11 is 18.4. The lowest BCUT2D eigenvalue weighted by Gasteiger charge is -2.16. The van der Waals surface area contributed by atoms with Crippen molar-refractivity contribution in [3.8, 4) is 6.07 Å². The molecule has 0 fully saturated rings. The second-order valence-corrected chi connectivity index (χ2v) is 7.77. The number of amides is 1. The minimum Gasteiger partial charge on any atom is -0.398 e. The summed E-state index contributed by atoms with van der Waals surface area (Å²) in [6, 6.07) is 17.4. The normalized spacial score (nSPS) is 11.6. The first-order chi connectivity index (χ1) is 13.8. The second-order valence-electron chi connectivity index (χ2n) is 6.49. The van der Waals surface area contributed by atoms with E-state index in [0.717, 1.165) is 11.1 Å². The molecule has 1 atom stereocenters. The summed E-state index contributed by atoms with van der Waals surface area (Å²) in [5.41, 5.74) is 9.18. The van der Waals surface area contributed by atoms with Crippen LogP contribution in [-0.4, -0.2) is 5.91 Å². The van der Waals surface area contributed by atoms with Crippen LogP contribution in [0.1, 0.15) is 33.0 Å². The molecule has 3 aromatic carbocycles. The van der Waals surface area contributed by atoms with E-state index in [1.54, 1.807) is 48.5 Å². The van der Waals surface area contributed by atoms with Crippen LogP contribution >= 0.6 is 34.8 Å². The number of nitrogens with zero attached hydrogens (tertiary/aromatic N) is 1. The van der Waals surface area contributed by atoms with Gasteiger partial charge in [0, 0.05) is 26.4 Å². The quantitative estimate of drug-likeness (QED) is 0.454. The van der Waals surface area contributed by atoms with Gasteiger partial charge in [-0.1, -0.05) is 53.0 Å². The monoisotopic (exact) mass is 443 g/mol. The fourth-order valence-corrected chi connectivity index (χ4v) is 3.52. The molecule has 0 aliphatic carbocycles. The predicted octanol–water partition coefficient (Wildman–Crippen LogP) is 6.45. The van der Waals surface area contributed by atoms with E-state index in [2.05, 4.69) is 11.4 Å². The van der Waals surface area contributed by atoms with Gasteiger partial charge in [0.25, 0.3) is 5.91 Å². The minimum absolute atomic E-state index is 0.271. The Labute approximate surface area is 183 Å². The predicted molar refractivity (Wildman–Crippen MR) is 119 cm³/mol. The minimum atomic E-state index is -0.563. The number of rotatable bonds is 4. The molecular formula is C22H16Cl3N3O. The second kappa shape index (κ2) is 8.75. The van der Waals surface area contributed by atoms with Gasteiger partial charge in [0.2, 0.25) is 0 Å². The van der Waals surface area contributed by atoms with Crippen LogP contribution in [0.15, 0.2) is 54.6 Å². The molecule has 4 nitrogen and oxygen atoms in total. The van der Waals surface area contributed by atoms with E-state index in [1.165, 1.54) is 6.07 Å². The third kappa shape index (κ3) is 4.65. The molecule has 3 aromatic rings. The molecule has 1 unspecified atom stereocenters. The Hall–Kier alpha value is -2.71. The third-order valence-electron chi connectivity index (χ3n) is 4.50. The lowest BCUT2D eigenvalue weighted by atomic mass is 9.91. The summed E-state index contributed by atoms with van der Waals surface area (Å²) in [6.07, 6.45) is 0. The van der Waals surface area contributed by atoms with Crippen molar-refractivity contribution in [1.82, 2.24) is 0 Å². The van der Waals surface area contributed by atoms with Gasteiger partial charge in [-0.05, 0) is 60.0 Å². The molecule has 29 heavy (non-hydrogen) atoms. The van der Waals surface area contributed by atoms with Crippen LogP contribution in [0.3, 0.4) is 0 Å². The molecule has 7 heteroatoms. The van der Waals surface area contributed by atoms with Crippen molar-refractivity contribution in [2.24, 2.45) is 0 Å². The Morgan fingerprint density at radius 2 is 1.69 bits per heavy atom. The fraction of sp³-hybridized carbons (Fsp3) is 0.0909. The van der Waals surface area contributed by atoms with E-state index < -0.39 is 11.8 Å². The Balaban J connectivity index is 1.93. The molecule has 0 aliphatic rings. The third-order valence-corrected chi connectivity index (χ3v) is 5.31. The number of nitrogens with two attached hydrogens (primary N) is 1. The zero-order valence-electron chi connectivity index (χ0n) is 15.3. The SMILES string of the molecule is Cc1cc(C(C#N)c2ccc(Cl)cc2)c(Cl)cc1NC(=O)c1cc(Cl)ccc1N. The summed E-state index contributed by atoms with van der Waals surface area (Å²) in [4.78, 5) is 12.6. The number of nitrogen functional groups attached to an aromatic ring is 1. The largest absolute Gasteiger partial charge is 0.398 e. The first kappa shape index (κ1) is 21.0. The number of anilines is 2. The van der Waals surface area contributed by atoms with E-state index in [0.29, 0.717) is 32.0 Å². The van der Waals surface area contributed by atoms with E-state index >= 15 is 0 Å². The number of hydrogen-bond donors (Lipinski definition) is 2. The van der Waals surface area contributed by atoms with Crippen LogP contribution in [0.5, 0.6) is 0 Å². The van der Waals surface area contributed by atoms with Gasteiger partial charge in [-0.3, -0.25) is 4.79 Å². The summed E-state index contributed by atoms with van der Waals surface area (Å²) in [5, 5.41) is 13.9. The van der Waals surface area contributed by atoms with Crippen molar-refractivity contribution < 1.29 is 4.79 Å². The summed E-state index contributed by atoms with van der Waals surface area (Å²) in [5.74, 6) is -0.960. The summed E-state index contributed by atoms with van der Waals surface area (Å²) < 4.78 is 0. The van der Waals surface area contributed by atoms with Crippen molar-refractivity contribution in [3.63, 3.8) is 0 Å². The van der Waals surface area contributed by atoms with Crippen molar-refractivity contribution >= 4 is 52.1 Å². The van der Waals surface area contributed by atoms with Gasteiger partial charge in [0.1, 0.15) is 0 Å². The van der Waals surface area contributed by atoms with Crippen LogP contribution in [0.25, 0.3) is 0 Å². The fourth-order valence-electron chi connectivity index (χ4n) is 2.95. The van der Waals surface area contributed by atoms with Crippen LogP contribution in [0.4, 0.5) is 11.4 Å². The number of carbonyl (C=O) groups excluding carboxylic acids is 1. The van der Waals surface area contributed by atoms with Crippen LogP contribution in [-0.2, 0) is 0 Å². The highest BCUT2D eigenvalue weighted by molar-refractivity contribution is 6.32. The van der Waals surface area contributed by atoms with E-state index in [-0.39, 0.29) is 5.56 Å². The Kier molecular flexibility index (Phi) is 6.34. The van der Waals surface area contributed by atoms with Gasteiger partial charge in [-0.25, -0.2) is 0 Å². The number of carbonyl (C=O) groups is 1. The van der Waals surface area contributed by atoms with Gasteiger partial charge in [-0.2, -0.15) is 5.26 Å². The zero-order chi connectivity index (χ0) is 21.1. The number of nitriles is 1. The van der Waals surface area contributed by atoms with Crippen molar-refractivity contribution in [2.45, 2.75) is 12.8 Å². The average Bonchev–Trinajstić information content (AvgIpc) is 2.69. The molecule has 0 bridgehead atoms. The van der Waals surface area contributed by atoms with Gasteiger partial charge in [0.15, 0.2) is 0 Å². The molecule has 0 saturated carbocycles. The average molecular weight is 445 g/mol. The molecule has 0 heterocycles. The van der Waals surface area contributed by atoms with Crippen molar-refractivity contribution in [1.29, 1.82) is 5.26 Å². The van der Waals surface area contributed by atoms with E-state index in [1.807, 2.05) is 6.92 Å². The maximum atomic E-state index is 12.6. The lowest BCUT2D eigenvalue weighted by Crippen LogP contribution is -2.15. The molecular weight excluding hydrogens is 429 g/mol. The number of hydrogen-bond acceptors (Lipinski definition) is 3. The van der Waals surface area contributed by atoms with Gasteiger partial charge < -0.3 is 11.1 Å². The molecule has 146 valence electrons. The van der Waals surface area contributed by atoms with Crippen molar-refractivity contribution in [2.75, 3.05) is 11.1 Å². The Morgan fingerprint density at radius 1 is 1.03 bits per heavy atom. The standard InChI is InChI=1S/C22H16Cl3N3O/c1-12-8-16(18(11-26)13-2-4-14(23)5-3-13)19(25)10-21(12)28-22(29)17-9-15(24)6-7-20(17)27/h2-10,18H,27H2,1H3,(H,28,29). The highest BCUT2D eigenvalue weighted by Gasteiger charge is 2.19. The number of aryl methyl sites for hydroxylation is 1.